The van der Waals surface area contributed by atoms with Crippen LogP contribution < -0.4 is 0 Å². The molecule has 0 aromatic carbocycles. The second-order valence-electron chi connectivity index (χ2n) is 2.14. The van der Waals surface area contributed by atoms with Gasteiger partial charge in [-0.3, -0.25) is 0 Å². The molecular weight excluding hydrogens is 91.1 g/mol. The van der Waals surface area contributed by atoms with E-state index >= 15 is 0 Å². The lowest BCUT2D eigenvalue weighted by atomic mass is 9.81. The first-order valence-electron chi connectivity index (χ1n) is 2.78. The van der Waals surface area contributed by atoms with E-state index in [0.29, 0.717) is 5.92 Å². The van der Waals surface area contributed by atoms with Crippen molar-refractivity contribution in [3.63, 3.8) is 0 Å². The van der Waals surface area contributed by atoms with Crippen LogP contribution in [0.5, 0.6) is 0 Å². The summed E-state index contributed by atoms with van der Waals surface area (Å²) in [7, 11) is 0. The Morgan fingerprint density at radius 1 is 1.57 bits per heavy atom. The second kappa shape index (κ2) is 1.81. The van der Waals surface area contributed by atoms with E-state index in [9.17, 15) is 4.39 Å². The minimum atomic E-state index is -0.516. The monoisotopic (exact) mass is 101 g/mol. The van der Waals surface area contributed by atoms with Gasteiger partial charge >= 0.3 is 0 Å². The fourth-order valence-corrected chi connectivity index (χ4v) is 0.854. The molecule has 0 spiro atoms. The van der Waals surface area contributed by atoms with Crippen LogP contribution >= 0.6 is 0 Å². The third kappa shape index (κ3) is 0.767. The quantitative estimate of drug-likeness (QED) is 0.473. The number of halogens is 1. The highest BCUT2D eigenvalue weighted by molar-refractivity contribution is 4.80. The van der Waals surface area contributed by atoms with Crippen molar-refractivity contribution in [3.8, 4) is 0 Å². The first-order valence-corrected chi connectivity index (χ1v) is 2.78. The molecule has 0 aromatic rings. The highest BCUT2D eigenvalue weighted by atomic mass is 19.1. The summed E-state index contributed by atoms with van der Waals surface area (Å²) in [6.07, 6.45) is 2.10. The topological polar surface area (TPSA) is 0 Å². The third-order valence-electron chi connectivity index (χ3n) is 1.70. The van der Waals surface area contributed by atoms with Crippen molar-refractivity contribution in [2.75, 3.05) is 0 Å². The van der Waals surface area contributed by atoms with E-state index < -0.39 is 6.17 Å². The van der Waals surface area contributed by atoms with E-state index in [1.807, 2.05) is 0 Å². The van der Waals surface area contributed by atoms with E-state index in [4.69, 9.17) is 0 Å². The minimum Gasteiger partial charge on any atom is -0.247 e. The molecule has 1 radical (unpaired) electrons. The van der Waals surface area contributed by atoms with Crippen molar-refractivity contribution >= 4 is 0 Å². The maximum absolute atomic E-state index is 12.1. The van der Waals surface area contributed by atoms with Crippen molar-refractivity contribution in [1.82, 2.24) is 0 Å². The standard InChI is InChI=1S/C6H10F/c1-2-5-3-4-6(5)7/h5-6H,1-4H2. The van der Waals surface area contributed by atoms with Gasteiger partial charge in [0.05, 0.1) is 0 Å². The highest BCUT2D eigenvalue weighted by Crippen LogP contribution is 2.32. The Hall–Kier alpha value is -0.0700. The van der Waals surface area contributed by atoms with Crippen LogP contribution in [0.15, 0.2) is 0 Å². The van der Waals surface area contributed by atoms with E-state index in [1.54, 1.807) is 0 Å². The summed E-state index contributed by atoms with van der Waals surface area (Å²) in [5.74, 6) is 0.306. The SMILES string of the molecule is [CH2]CC1CCC1F. The van der Waals surface area contributed by atoms with Crippen molar-refractivity contribution in [2.24, 2.45) is 5.92 Å². The highest BCUT2D eigenvalue weighted by Gasteiger charge is 2.28. The van der Waals surface area contributed by atoms with Gasteiger partial charge < -0.3 is 0 Å². The van der Waals surface area contributed by atoms with E-state index in [2.05, 4.69) is 6.92 Å². The summed E-state index contributed by atoms with van der Waals surface area (Å²) in [6.45, 7) is 3.62. The van der Waals surface area contributed by atoms with Gasteiger partial charge in [0.25, 0.3) is 0 Å². The Balaban J connectivity index is 2.16. The molecule has 2 unspecified atom stereocenters. The van der Waals surface area contributed by atoms with Gasteiger partial charge in [0.1, 0.15) is 6.17 Å². The maximum atomic E-state index is 12.1. The van der Waals surface area contributed by atoms with Crippen molar-refractivity contribution < 1.29 is 4.39 Å². The number of alkyl halides is 1. The molecule has 1 rings (SSSR count). The fourth-order valence-electron chi connectivity index (χ4n) is 0.854. The molecule has 0 bridgehead atoms. The molecule has 0 aliphatic heterocycles. The Kier molecular flexibility index (Phi) is 1.31. The van der Waals surface area contributed by atoms with Crippen molar-refractivity contribution in [2.45, 2.75) is 25.4 Å². The molecule has 0 saturated heterocycles. The molecule has 1 aliphatic rings. The Morgan fingerprint density at radius 3 is 2.29 bits per heavy atom. The van der Waals surface area contributed by atoms with Crippen LogP contribution in [0, 0.1) is 12.8 Å². The zero-order chi connectivity index (χ0) is 5.28. The summed E-state index contributed by atoms with van der Waals surface area (Å²) >= 11 is 0. The molecule has 1 heteroatoms. The summed E-state index contributed by atoms with van der Waals surface area (Å²) in [6, 6.07) is 0. The first-order chi connectivity index (χ1) is 3.34. The van der Waals surface area contributed by atoms with E-state index in [-0.39, 0.29) is 0 Å². The smallest absolute Gasteiger partial charge is 0.103 e. The normalized spacial score (nSPS) is 40.3. The third-order valence-corrected chi connectivity index (χ3v) is 1.70. The van der Waals surface area contributed by atoms with Crippen LogP contribution in [0.4, 0.5) is 4.39 Å². The van der Waals surface area contributed by atoms with Crippen molar-refractivity contribution in [3.05, 3.63) is 6.92 Å². The lowest BCUT2D eigenvalue weighted by molar-refractivity contribution is 0.114. The van der Waals surface area contributed by atoms with Crippen LogP contribution in [0.3, 0.4) is 0 Å². The van der Waals surface area contributed by atoms with E-state index in [0.717, 1.165) is 19.3 Å². The van der Waals surface area contributed by atoms with Gasteiger partial charge in [0.2, 0.25) is 0 Å². The van der Waals surface area contributed by atoms with Gasteiger partial charge in [-0.15, -0.1) is 0 Å². The van der Waals surface area contributed by atoms with Crippen LogP contribution in [-0.4, -0.2) is 6.17 Å². The zero-order valence-electron chi connectivity index (χ0n) is 4.36. The van der Waals surface area contributed by atoms with Gasteiger partial charge in [-0.05, 0) is 25.2 Å². The van der Waals surface area contributed by atoms with Gasteiger partial charge in [-0.1, -0.05) is 6.92 Å². The molecule has 0 nitrogen and oxygen atoms in total. The summed E-state index contributed by atoms with van der Waals surface area (Å²) in [4.78, 5) is 0. The Morgan fingerprint density at radius 2 is 2.29 bits per heavy atom. The minimum absolute atomic E-state index is 0.306. The van der Waals surface area contributed by atoms with Crippen LogP contribution in [-0.2, 0) is 0 Å². The number of hydrogen-bond donors (Lipinski definition) is 0. The Labute approximate surface area is 43.7 Å². The molecule has 41 valence electrons. The second-order valence-corrected chi connectivity index (χ2v) is 2.14. The molecular formula is C6H10F. The van der Waals surface area contributed by atoms with Gasteiger partial charge in [0, 0.05) is 0 Å². The lowest BCUT2D eigenvalue weighted by Crippen LogP contribution is -2.26. The molecule has 0 aromatic heterocycles. The van der Waals surface area contributed by atoms with Crippen LogP contribution in [0.2, 0.25) is 0 Å². The zero-order valence-corrected chi connectivity index (χ0v) is 4.36. The number of rotatable bonds is 1. The molecule has 0 amide bonds. The molecule has 1 aliphatic carbocycles. The predicted molar refractivity (Wildman–Crippen MR) is 27.6 cm³/mol. The van der Waals surface area contributed by atoms with Gasteiger partial charge in [-0.2, -0.15) is 0 Å². The van der Waals surface area contributed by atoms with Crippen LogP contribution in [0.25, 0.3) is 0 Å². The molecule has 1 fully saturated rings. The fraction of sp³-hybridized carbons (Fsp3) is 0.833. The molecule has 0 N–H and O–H groups in total. The molecule has 2 atom stereocenters. The summed E-state index contributed by atoms with van der Waals surface area (Å²) in [5, 5.41) is 0. The van der Waals surface area contributed by atoms with E-state index in [1.165, 1.54) is 0 Å². The number of hydrogen-bond acceptors (Lipinski definition) is 0. The maximum Gasteiger partial charge on any atom is 0.103 e. The molecule has 1 saturated carbocycles. The lowest BCUT2D eigenvalue weighted by Gasteiger charge is -2.28. The Bertz CT molecular complexity index is 59.2. The van der Waals surface area contributed by atoms with Gasteiger partial charge in [0.15, 0.2) is 0 Å². The average molecular weight is 101 g/mol. The van der Waals surface area contributed by atoms with Crippen LogP contribution in [0.1, 0.15) is 19.3 Å². The predicted octanol–water partition coefficient (Wildman–Crippen LogP) is 1.96. The van der Waals surface area contributed by atoms with Crippen molar-refractivity contribution in [1.29, 1.82) is 0 Å². The average Bonchev–Trinajstić information content (AvgIpc) is 1.65. The molecule has 7 heavy (non-hydrogen) atoms. The molecule has 0 heterocycles. The summed E-state index contributed by atoms with van der Waals surface area (Å²) in [5.41, 5.74) is 0. The largest absolute Gasteiger partial charge is 0.247 e. The van der Waals surface area contributed by atoms with Gasteiger partial charge in [-0.25, -0.2) is 4.39 Å². The summed E-state index contributed by atoms with van der Waals surface area (Å²) < 4.78 is 12.1. The first kappa shape index (κ1) is 5.07.